The molecule has 2 rings (SSSR count). The van der Waals surface area contributed by atoms with Gasteiger partial charge in [-0.2, -0.15) is 0 Å². The van der Waals surface area contributed by atoms with E-state index in [-0.39, 0.29) is 35.8 Å². The van der Waals surface area contributed by atoms with Crippen molar-refractivity contribution >= 4 is 33.4 Å². The maximum absolute atomic E-state index is 13.2. The number of alkyl carbamates (subject to hydrolysis) is 1. The number of esters is 2. The van der Waals surface area contributed by atoms with Crippen molar-refractivity contribution in [2.45, 2.75) is 90.9 Å². The van der Waals surface area contributed by atoms with E-state index in [1.165, 1.54) is 24.3 Å². The Morgan fingerprint density at radius 3 is 2.10 bits per heavy atom. The summed E-state index contributed by atoms with van der Waals surface area (Å²) in [7, 11) is -3.14. The van der Waals surface area contributed by atoms with Crippen LogP contribution in [0.1, 0.15) is 84.0 Å². The van der Waals surface area contributed by atoms with Crippen LogP contribution in [0.2, 0.25) is 0 Å². The van der Waals surface area contributed by atoms with Gasteiger partial charge in [0, 0.05) is 38.8 Å². The van der Waals surface area contributed by atoms with Crippen LogP contribution >= 0.6 is 0 Å². The maximum atomic E-state index is 13.2. The van der Waals surface area contributed by atoms with Gasteiger partial charge >= 0.3 is 18.0 Å². The maximum Gasteiger partial charge on any atom is 0.408 e. The molecule has 1 saturated carbocycles. The molecule has 0 saturated heterocycles. The first-order valence-electron chi connectivity index (χ1n) is 13.2. The molecule has 1 amide bonds. The summed E-state index contributed by atoms with van der Waals surface area (Å²) >= 11 is 0. The molecule has 1 aliphatic rings. The Bertz CT molecular complexity index is 1180. The predicted molar refractivity (Wildman–Crippen MR) is 148 cm³/mol. The number of hydrogen-bond acceptors (Lipinski definition) is 10. The molecular weight excluding hydrogens is 542 g/mol. The van der Waals surface area contributed by atoms with Crippen LogP contribution in [0.4, 0.5) is 10.5 Å². The van der Waals surface area contributed by atoms with E-state index in [4.69, 9.17) is 19.0 Å². The third-order valence-electron chi connectivity index (χ3n) is 6.32. The zero-order chi connectivity index (χ0) is 30.4. The Hall–Kier alpha value is -3.22. The van der Waals surface area contributed by atoms with E-state index in [2.05, 4.69) is 5.32 Å². The van der Waals surface area contributed by atoms with Gasteiger partial charge in [-0.1, -0.05) is 6.42 Å². The van der Waals surface area contributed by atoms with Gasteiger partial charge in [0.15, 0.2) is 0 Å². The van der Waals surface area contributed by atoms with Crippen LogP contribution in [0, 0.1) is 20.3 Å². The number of hydrogen-bond donors (Lipinski definition) is 2. The van der Waals surface area contributed by atoms with Crippen molar-refractivity contribution in [1.82, 2.24) is 5.32 Å². The molecule has 13 heteroatoms. The summed E-state index contributed by atoms with van der Waals surface area (Å²) in [6.45, 7) is 10.2. The van der Waals surface area contributed by atoms with Crippen LogP contribution in [0.5, 0.6) is 0 Å². The molecule has 0 aliphatic heterocycles. The highest BCUT2D eigenvalue weighted by molar-refractivity contribution is 7.92. The first kappa shape index (κ1) is 33.0. The molecule has 40 heavy (non-hydrogen) atoms. The Balaban J connectivity index is 1.97. The number of amides is 1. The molecule has 2 atom stereocenters. The second-order valence-electron chi connectivity index (χ2n) is 12.2. The Labute approximate surface area is 235 Å². The fraction of sp³-hybridized carbons (Fsp3) is 0.667. The normalized spacial score (nSPS) is 16.9. The second kappa shape index (κ2) is 13.0. The molecule has 0 bridgehead atoms. The first-order chi connectivity index (χ1) is 18.3. The van der Waals surface area contributed by atoms with Gasteiger partial charge in [-0.15, -0.1) is 0 Å². The van der Waals surface area contributed by atoms with Gasteiger partial charge in [0.1, 0.15) is 17.2 Å². The smallest absolute Gasteiger partial charge is 0.408 e. The number of nitro groups is 1. The SMILES string of the molecule is CC(C)(C)OC(=O)N[C@@H](CCS(=N)(=O)CCC1(COC(=O)c2ccc([N+](=O)[O-])cc2)CCC1)C(=O)OC(C)(C)C. The van der Waals surface area contributed by atoms with Gasteiger partial charge in [0.2, 0.25) is 0 Å². The number of nitrogens with zero attached hydrogens (tertiary/aromatic N) is 1. The third kappa shape index (κ3) is 11.1. The predicted octanol–water partition coefficient (Wildman–Crippen LogP) is 4.98. The van der Waals surface area contributed by atoms with Gasteiger partial charge in [0.05, 0.1) is 17.1 Å². The third-order valence-corrected chi connectivity index (χ3v) is 8.08. The van der Waals surface area contributed by atoms with Crippen molar-refractivity contribution in [3.05, 3.63) is 39.9 Å². The minimum absolute atomic E-state index is 0.0373. The molecule has 1 unspecified atom stereocenters. The standard InChI is InChI=1S/C27H41N3O9S/c1-25(2,3)38-23(32)21(29-24(33)39-26(4,5)6)12-16-40(28,36)17-15-27(13-7-14-27)18-37-22(31)19-8-10-20(11-9-19)30(34)35/h8-11,21,28H,7,12-18H2,1-6H3,(H,29,33)/t21-,40?/m0/s1. The average molecular weight is 584 g/mol. The Kier molecular flexibility index (Phi) is 10.7. The van der Waals surface area contributed by atoms with Crippen LogP contribution in [-0.4, -0.2) is 62.5 Å². The number of non-ortho nitro benzene ring substituents is 1. The van der Waals surface area contributed by atoms with E-state index in [0.717, 1.165) is 19.3 Å². The van der Waals surface area contributed by atoms with Gasteiger partial charge in [-0.05, 0) is 79.4 Å². The number of nitrogens with one attached hydrogen (secondary N) is 2. The lowest BCUT2D eigenvalue weighted by Gasteiger charge is -2.41. The van der Waals surface area contributed by atoms with Gasteiger partial charge in [-0.3, -0.25) is 14.9 Å². The van der Waals surface area contributed by atoms with Crippen molar-refractivity contribution in [3.63, 3.8) is 0 Å². The molecule has 1 aromatic rings. The van der Waals surface area contributed by atoms with Crippen LogP contribution in [0.15, 0.2) is 24.3 Å². The van der Waals surface area contributed by atoms with Crippen LogP contribution in [0.3, 0.4) is 0 Å². The number of nitro benzene ring substituents is 1. The van der Waals surface area contributed by atoms with Crippen LogP contribution in [0.25, 0.3) is 0 Å². The van der Waals surface area contributed by atoms with Gasteiger partial charge in [-0.25, -0.2) is 18.6 Å². The molecule has 1 fully saturated rings. The summed E-state index contributed by atoms with van der Waals surface area (Å²) in [5.74, 6) is -1.43. The lowest BCUT2D eigenvalue weighted by atomic mass is 9.67. The number of carbonyl (C=O) groups is 3. The van der Waals surface area contributed by atoms with Crippen LogP contribution in [-0.2, 0) is 28.7 Å². The second-order valence-corrected chi connectivity index (χ2v) is 14.7. The molecule has 12 nitrogen and oxygen atoms in total. The summed E-state index contributed by atoms with van der Waals surface area (Å²) < 4.78 is 37.7. The molecule has 2 N–H and O–H groups in total. The summed E-state index contributed by atoms with van der Waals surface area (Å²) in [4.78, 5) is 47.8. The molecule has 0 heterocycles. The minimum Gasteiger partial charge on any atom is -0.462 e. The fourth-order valence-corrected chi connectivity index (χ4v) is 5.61. The number of ether oxygens (including phenoxy) is 3. The molecule has 1 aliphatic carbocycles. The van der Waals surface area contributed by atoms with E-state index in [9.17, 15) is 28.7 Å². The molecule has 0 spiro atoms. The highest BCUT2D eigenvalue weighted by Crippen LogP contribution is 2.44. The van der Waals surface area contributed by atoms with Gasteiger partial charge < -0.3 is 19.5 Å². The molecule has 0 aromatic heterocycles. The first-order valence-corrected chi connectivity index (χ1v) is 15.1. The quantitative estimate of drug-likeness (QED) is 0.149. The molecule has 1 aromatic carbocycles. The summed E-state index contributed by atoms with van der Waals surface area (Å²) in [5.41, 5.74) is -1.94. The summed E-state index contributed by atoms with van der Waals surface area (Å²) in [5, 5.41) is 13.3. The Morgan fingerprint density at radius 1 is 1.05 bits per heavy atom. The Morgan fingerprint density at radius 2 is 1.62 bits per heavy atom. The van der Waals surface area contributed by atoms with E-state index >= 15 is 0 Å². The van der Waals surface area contributed by atoms with Crippen molar-refractivity contribution in [2.75, 3.05) is 18.1 Å². The molecule has 224 valence electrons. The highest BCUT2D eigenvalue weighted by Gasteiger charge is 2.39. The van der Waals surface area contributed by atoms with Crippen molar-refractivity contribution in [3.8, 4) is 0 Å². The summed E-state index contributed by atoms with van der Waals surface area (Å²) in [6, 6.07) is 3.98. The highest BCUT2D eigenvalue weighted by atomic mass is 32.2. The molecular formula is C27H41N3O9S. The lowest BCUT2D eigenvalue weighted by molar-refractivity contribution is -0.384. The number of rotatable bonds is 12. The fourth-order valence-electron chi connectivity index (χ4n) is 4.03. The average Bonchev–Trinajstić information content (AvgIpc) is 2.78. The van der Waals surface area contributed by atoms with Crippen molar-refractivity contribution in [1.29, 1.82) is 4.78 Å². The van der Waals surface area contributed by atoms with E-state index < -0.39 is 55.3 Å². The topological polar surface area (TPSA) is 175 Å². The zero-order valence-corrected chi connectivity index (χ0v) is 24.9. The van der Waals surface area contributed by atoms with E-state index in [1.54, 1.807) is 41.5 Å². The van der Waals surface area contributed by atoms with Gasteiger partial charge in [0.25, 0.3) is 5.69 Å². The van der Waals surface area contributed by atoms with Crippen LogP contribution < -0.4 is 5.32 Å². The zero-order valence-electron chi connectivity index (χ0n) is 24.1. The lowest BCUT2D eigenvalue weighted by Crippen LogP contribution is -2.46. The minimum atomic E-state index is -3.14. The monoisotopic (exact) mass is 583 g/mol. The van der Waals surface area contributed by atoms with Crippen molar-refractivity contribution < 1.29 is 37.7 Å². The van der Waals surface area contributed by atoms with Crippen molar-refractivity contribution in [2.24, 2.45) is 5.41 Å². The largest absolute Gasteiger partial charge is 0.462 e. The number of carbonyl (C=O) groups excluding carboxylic acids is 3. The van der Waals surface area contributed by atoms with E-state index in [1.807, 2.05) is 0 Å². The number of benzene rings is 1. The molecule has 0 radical (unpaired) electrons. The van der Waals surface area contributed by atoms with E-state index in [0.29, 0.717) is 6.42 Å². The summed E-state index contributed by atoms with van der Waals surface area (Å²) in [6.07, 6.45) is 1.91.